The molecule has 1 saturated carbocycles. The molecule has 2 aromatic rings. The number of nitrogens with one attached hydrogen (secondary N) is 1. The molecule has 0 saturated heterocycles. The Kier molecular flexibility index (Phi) is 6.09. The van der Waals surface area contributed by atoms with Crippen LogP contribution < -0.4 is 10.1 Å². The Morgan fingerprint density at radius 3 is 2.81 bits per heavy atom. The van der Waals surface area contributed by atoms with Gasteiger partial charge in [0.2, 0.25) is 5.88 Å². The minimum absolute atomic E-state index is 0.0864. The fourth-order valence-electron chi connectivity index (χ4n) is 3.86. The number of pyridine rings is 2. The molecule has 3 heterocycles. The van der Waals surface area contributed by atoms with Gasteiger partial charge in [-0.25, -0.2) is 9.97 Å². The fourth-order valence-corrected chi connectivity index (χ4v) is 4.11. The van der Waals surface area contributed by atoms with E-state index in [9.17, 15) is 5.26 Å². The van der Waals surface area contributed by atoms with E-state index in [-0.39, 0.29) is 17.8 Å². The molecule has 2 aliphatic rings. The monoisotopic (exact) mass is 428 g/mol. The quantitative estimate of drug-likeness (QED) is 0.428. The standard InChI is InChI=1S/C21H19B2ClN6O/c22-21(23,13-4-7-27-18(10-13)31-14-2-1-3-14)30-9-5-15-17(12-30)16(11-26)19(24)29-20(15)28-8-6-25/h4,7,10,14H,1-3,5,8-9,12H2,(H,28,29). The SMILES string of the molecule is [B]C([B])(c1ccnc(OC2CCC2)c1)N1CCc2c(NCC#N)nc(Cl)c(C#N)c2C1. The third-order valence-corrected chi connectivity index (χ3v) is 6.13. The Morgan fingerprint density at radius 1 is 1.32 bits per heavy atom. The zero-order chi connectivity index (χ0) is 22.0. The Balaban J connectivity index is 1.63. The number of aromatic nitrogens is 2. The van der Waals surface area contributed by atoms with Gasteiger partial charge in [-0.2, -0.15) is 10.5 Å². The second kappa shape index (κ2) is 8.78. The van der Waals surface area contributed by atoms with E-state index in [1.54, 1.807) is 18.3 Å². The van der Waals surface area contributed by atoms with Crippen LogP contribution in [0.3, 0.4) is 0 Å². The Hall–Kier alpha value is -2.74. The van der Waals surface area contributed by atoms with Crippen molar-refractivity contribution >= 4 is 33.1 Å². The van der Waals surface area contributed by atoms with Crippen molar-refractivity contribution in [3.8, 4) is 18.0 Å². The van der Waals surface area contributed by atoms with Crippen LogP contribution in [-0.2, 0) is 18.3 Å². The maximum atomic E-state index is 9.64. The Morgan fingerprint density at radius 2 is 2.13 bits per heavy atom. The van der Waals surface area contributed by atoms with Gasteiger partial charge in [0, 0.05) is 30.9 Å². The molecule has 0 bridgehead atoms. The van der Waals surface area contributed by atoms with Gasteiger partial charge in [-0.1, -0.05) is 11.6 Å². The van der Waals surface area contributed by atoms with Crippen LogP contribution in [0.5, 0.6) is 5.88 Å². The molecule has 1 aliphatic heterocycles. The lowest BCUT2D eigenvalue weighted by Crippen LogP contribution is -2.50. The maximum Gasteiger partial charge on any atom is 0.213 e. The van der Waals surface area contributed by atoms with E-state index in [1.807, 2.05) is 11.0 Å². The third-order valence-electron chi connectivity index (χ3n) is 5.86. The molecule has 10 heteroatoms. The van der Waals surface area contributed by atoms with Crippen molar-refractivity contribution in [1.29, 1.82) is 10.5 Å². The van der Waals surface area contributed by atoms with Crippen LogP contribution in [0.2, 0.25) is 5.15 Å². The summed E-state index contributed by atoms with van der Waals surface area (Å²) in [5.74, 6) is 1.02. The number of hydrogen-bond acceptors (Lipinski definition) is 7. The number of fused-ring (bicyclic) bond motifs is 1. The van der Waals surface area contributed by atoms with Crippen LogP contribution in [0.1, 0.15) is 41.5 Å². The van der Waals surface area contributed by atoms with Crippen molar-refractivity contribution in [3.05, 3.63) is 45.7 Å². The summed E-state index contributed by atoms with van der Waals surface area (Å²) < 4.78 is 5.89. The van der Waals surface area contributed by atoms with Gasteiger partial charge in [0.15, 0.2) is 0 Å². The lowest BCUT2D eigenvalue weighted by atomic mass is 9.56. The first-order chi connectivity index (χ1) is 14.9. The van der Waals surface area contributed by atoms with Crippen molar-refractivity contribution in [2.75, 3.05) is 18.4 Å². The molecule has 0 spiro atoms. The summed E-state index contributed by atoms with van der Waals surface area (Å²) in [6.45, 7) is 0.941. The van der Waals surface area contributed by atoms with Gasteiger partial charge in [0.25, 0.3) is 0 Å². The molecule has 1 aliphatic carbocycles. The van der Waals surface area contributed by atoms with Gasteiger partial charge >= 0.3 is 0 Å². The number of halogens is 1. The van der Waals surface area contributed by atoms with E-state index in [2.05, 4.69) is 21.4 Å². The van der Waals surface area contributed by atoms with Gasteiger partial charge in [0.05, 0.1) is 27.3 Å². The highest BCUT2D eigenvalue weighted by molar-refractivity contribution is 6.39. The van der Waals surface area contributed by atoms with Crippen molar-refractivity contribution in [2.45, 2.75) is 43.7 Å². The first-order valence-electron chi connectivity index (χ1n) is 10.1. The zero-order valence-electron chi connectivity index (χ0n) is 16.9. The van der Waals surface area contributed by atoms with Gasteiger partial charge in [-0.15, -0.1) is 0 Å². The number of ether oxygens (including phenoxy) is 1. The summed E-state index contributed by atoms with van der Waals surface area (Å²) >= 11 is 6.25. The number of nitriles is 2. The lowest BCUT2D eigenvalue weighted by molar-refractivity contribution is 0.114. The minimum atomic E-state index is -1.30. The summed E-state index contributed by atoms with van der Waals surface area (Å²) in [4.78, 5) is 10.4. The summed E-state index contributed by atoms with van der Waals surface area (Å²) in [5.41, 5.74) is 2.53. The molecule has 0 amide bonds. The number of rotatable bonds is 6. The van der Waals surface area contributed by atoms with Gasteiger partial charge < -0.3 is 15.0 Å². The topological polar surface area (TPSA) is 97.9 Å². The van der Waals surface area contributed by atoms with Crippen LogP contribution in [-0.4, -0.2) is 49.8 Å². The molecule has 0 aromatic carbocycles. The second-order valence-electron chi connectivity index (χ2n) is 7.76. The van der Waals surface area contributed by atoms with E-state index >= 15 is 0 Å². The normalized spacial score (nSPS) is 16.5. The van der Waals surface area contributed by atoms with Crippen LogP contribution in [0.25, 0.3) is 0 Å². The highest BCUT2D eigenvalue weighted by Crippen LogP contribution is 2.36. The predicted octanol–water partition coefficient (Wildman–Crippen LogP) is 2.37. The van der Waals surface area contributed by atoms with Crippen molar-refractivity contribution in [3.63, 3.8) is 0 Å². The number of nitrogens with zero attached hydrogens (tertiary/aromatic N) is 5. The van der Waals surface area contributed by atoms with Crippen LogP contribution >= 0.6 is 11.6 Å². The van der Waals surface area contributed by atoms with E-state index in [1.165, 1.54) is 6.42 Å². The second-order valence-corrected chi connectivity index (χ2v) is 8.12. The third kappa shape index (κ3) is 4.21. The van der Waals surface area contributed by atoms with E-state index in [4.69, 9.17) is 37.3 Å². The zero-order valence-corrected chi connectivity index (χ0v) is 17.7. The van der Waals surface area contributed by atoms with Gasteiger partial charge in [-0.05, 0) is 48.2 Å². The van der Waals surface area contributed by atoms with E-state index in [0.717, 1.165) is 24.0 Å². The first-order valence-corrected chi connectivity index (χ1v) is 10.5. The molecular formula is C21H19B2ClN6O. The highest BCUT2D eigenvalue weighted by Gasteiger charge is 2.34. The Labute approximate surface area is 189 Å². The average molecular weight is 429 g/mol. The summed E-state index contributed by atoms with van der Waals surface area (Å²) in [6, 6.07) is 7.71. The van der Waals surface area contributed by atoms with E-state index < -0.39 is 5.34 Å². The smallest absolute Gasteiger partial charge is 0.213 e. The molecule has 0 atom stereocenters. The molecule has 31 heavy (non-hydrogen) atoms. The van der Waals surface area contributed by atoms with Crippen LogP contribution in [0.15, 0.2) is 18.3 Å². The van der Waals surface area contributed by atoms with Crippen molar-refractivity contribution in [1.82, 2.24) is 14.9 Å². The molecule has 4 rings (SSSR count). The predicted molar refractivity (Wildman–Crippen MR) is 118 cm³/mol. The largest absolute Gasteiger partial charge is 0.474 e. The maximum absolute atomic E-state index is 9.64. The van der Waals surface area contributed by atoms with Crippen molar-refractivity contribution < 1.29 is 4.74 Å². The Bertz CT molecular complexity index is 1080. The van der Waals surface area contributed by atoms with Gasteiger partial charge in [-0.3, -0.25) is 0 Å². The molecule has 4 radical (unpaired) electrons. The van der Waals surface area contributed by atoms with E-state index in [0.29, 0.717) is 42.3 Å². The first kappa shape index (κ1) is 21.5. The molecule has 1 N–H and O–H groups in total. The van der Waals surface area contributed by atoms with Crippen molar-refractivity contribution in [2.24, 2.45) is 0 Å². The molecule has 7 nitrogen and oxygen atoms in total. The fraction of sp³-hybridized carbons (Fsp3) is 0.429. The lowest BCUT2D eigenvalue weighted by Gasteiger charge is -2.43. The van der Waals surface area contributed by atoms with Crippen LogP contribution in [0.4, 0.5) is 5.82 Å². The molecular weight excluding hydrogens is 409 g/mol. The van der Waals surface area contributed by atoms with Crippen LogP contribution in [0, 0.1) is 22.7 Å². The molecule has 2 aromatic heterocycles. The molecule has 0 unspecified atom stereocenters. The summed E-state index contributed by atoms with van der Waals surface area (Å²) in [5, 5.41) is 20.3. The highest BCUT2D eigenvalue weighted by atomic mass is 35.5. The number of anilines is 1. The molecule has 152 valence electrons. The summed E-state index contributed by atoms with van der Waals surface area (Å²) in [7, 11) is 13.2. The van der Waals surface area contributed by atoms with Gasteiger partial charge in [0.1, 0.15) is 29.7 Å². The summed E-state index contributed by atoms with van der Waals surface area (Å²) in [6.07, 6.45) is 5.61. The average Bonchev–Trinajstić information content (AvgIpc) is 2.74. The number of hydrogen-bond donors (Lipinski definition) is 1. The molecule has 1 fully saturated rings. The minimum Gasteiger partial charge on any atom is -0.474 e.